The molecule has 26 heavy (non-hydrogen) atoms. The number of carbonyl (C=O) groups excluding carboxylic acids is 1. The van der Waals surface area contributed by atoms with Crippen molar-refractivity contribution < 1.29 is 9.18 Å². The van der Waals surface area contributed by atoms with Crippen molar-refractivity contribution in [2.45, 2.75) is 6.54 Å². The second kappa shape index (κ2) is 7.33. The van der Waals surface area contributed by atoms with Gasteiger partial charge in [-0.2, -0.15) is 10.4 Å². The van der Waals surface area contributed by atoms with Gasteiger partial charge in [0, 0.05) is 22.7 Å². The third kappa shape index (κ3) is 3.31. The van der Waals surface area contributed by atoms with Crippen molar-refractivity contribution in [1.82, 2.24) is 9.99 Å². The third-order valence-electron chi connectivity index (χ3n) is 3.79. The normalized spacial score (nSPS) is 10.6. The fourth-order valence-corrected chi connectivity index (χ4v) is 2.60. The highest BCUT2D eigenvalue weighted by Gasteiger charge is 2.12. The van der Waals surface area contributed by atoms with Crippen LogP contribution >= 0.6 is 0 Å². The number of hydrazone groups is 1. The number of hydrogen-bond acceptors (Lipinski definition) is 3. The van der Waals surface area contributed by atoms with Crippen molar-refractivity contribution in [3.8, 4) is 18.4 Å². The molecule has 3 rings (SSSR count). The summed E-state index contributed by atoms with van der Waals surface area (Å²) < 4.78 is 15.7. The first-order valence-electron chi connectivity index (χ1n) is 7.68. The molecule has 0 saturated carbocycles. The quantitative estimate of drug-likeness (QED) is 0.449. The predicted molar refractivity (Wildman–Crippen MR) is 96.9 cm³/mol. The highest BCUT2D eigenvalue weighted by Crippen LogP contribution is 2.19. The molecule has 5 nitrogen and oxygen atoms in total. The van der Waals surface area contributed by atoms with E-state index in [0.717, 1.165) is 22.5 Å². The first-order chi connectivity index (χ1) is 12.6. The summed E-state index contributed by atoms with van der Waals surface area (Å²) in [6, 6.07) is 13.1. The summed E-state index contributed by atoms with van der Waals surface area (Å²) in [6.45, 7) is 0.414. The summed E-state index contributed by atoms with van der Waals surface area (Å²) in [6.07, 6.45) is 8.70. The number of para-hydroxylation sites is 1. The van der Waals surface area contributed by atoms with Crippen LogP contribution in [0.1, 0.15) is 21.5 Å². The zero-order valence-electron chi connectivity index (χ0n) is 13.6. The number of fused-ring (bicyclic) bond motifs is 1. The Morgan fingerprint density at radius 1 is 1.35 bits per heavy atom. The highest BCUT2D eigenvalue weighted by atomic mass is 19.1. The summed E-state index contributed by atoms with van der Waals surface area (Å²) in [7, 11) is 0. The molecule has 0 aliphatic rings. The maximum absolute atomic E-state index is 13.8. The molecule has 0 unspecified atom stereocenters. The van der Waals surface area contributed by atoms with Crippen molar-refractivity contribution in [2.24, 2.45) is 5.10 Å². The SMILES string of the molecule is C#CCn1cc(/C=N\NC(=O)c2ccc(C#N)cc2F)c2ccccc21. The molecule has 1 N–H and O–H groups in total. The van der Waals surface area contributed by atoms with Crippen molar-refractivity contribution in [3.63, 3.8) is 0 Å². The van der Waals surface area contributed by atoms with E-state index in [1.807, 2.05) is 41.1 Å². The maximum Gasteiger partial charge on any atom is 0.274 e. The molecule has 2 aromatic carbocycles. The molecule has 0 aliphatic heterocycles. The van der Waals surface area contributed by atoms with Crippen LogP contribution in [0.15, 0.2) is 53.8 Å². The van der Waals surface area contributed by atoms with Crippen LogP contribution in [-0.2, 0) is 6.54 Å². The van der Waals surface area contributed by atoms with Gasteiger partial charge in [0.15, 0.2) is 0 Å². The largest absolute Gasteiger partial charge is 0.335 e. The van der Waals surface area contributed by atoms with Crippen LogP contribution < -0.4 is 5.43 Å². The van der Waals surface area contributed by atoms with Gasteiger partial charge in [-0.05, 0) is 24.3 Å². The predicted octanol–water partition coefficient (Wildman–Crippen LogP) is 3.05. The van der Waals surface area contributed by atoms with Crippen LogP contribution in [0.4, 0.5) is 4.39 Å². The molecule has 1 heterocycles. The van der Waals surface area contributed by atoms with Crippen LogP contribution in [0.2, 0.25) is 0 Å². The summed E-state index contributed by atoms with van der Waals surface area (Å²) in [5.74, 6) is 1.11. The minimum absolute atomic E-state index is 0.142. The number of halogens is 1. The number of nitriles is 1. The van der Waals surface area contributed by atoms with E-state index < -0.39 is 11.7 Å². The molecule has 0 atom stereocenters. The zero-order chi connectivity index (χ0) is 18.5. The van der Waals surface area contributed by atoms with Gasteiger partial charge in [0.05, 0.1) is 30.0 Å². The van der Waals surface area contributed by atoms with Gasteiger partial charge in [0.25, 0.3) is 5.91 Å². The van der Waals surface area contributed by atoms with Gasteiger partial charge in [-0.15, -0.1) is 6.42 Å². The number of aromatic nitrogens is 1. The molecule has 3 aromatic rings. The first kappa shape index (κ1) is 16.9. The molecule has 0 bridgehead atoms. The van der Waals surface area contributed by atoms with Crippen LogP contribution in [0, 0.1) is 29.5 Å². The number of rotatable bonds is 4. The number of hydrogen-bond donors (Lipinski definition) is 1. The van der Waals surface area contributed by atoms with Gasteiger partial charge >= 0.3 is 0 Å². The molecule has 6 heteroatoms. The van der Waals surface area contributed by atoms with E-state index in [0.29, 0.717) is 6.54 Å². The summed E-state index contributed by atoms with van der Waals surface area (Å²) in [5, 5.41) is 13.6. The number of amides is 1. The van der Waals surface area contributed by atoms with E-state index in [-0.39, 0.29) is 11.1 Å². The number of nitrogens with one attached hydrogen (secondary N) is 1. The van der Waals surface area contributed by atoms with Gasteiger partial charge in [-0.25, -0.2) is 9.82 Å². The smallest absolute Gasteiger partial charge is 0.274 e. The van der Waals surface area contributed by atoms with E-state index >= 15 is 0 Å². The van der Waals surface area contributed by atoms with Crippen LogP contribution in [0.25, 0.3) is 10.9 Å². The van der Waals surface area contributed by atoms with Gasteiger partial charge in [-0.3, -0.25) is 4.79 Å². The van der Waals surface area contributed by atoms with Crippen LogP contribution in [-0.4, -0.2) is 16.7 Å². The molecular formula is C20H13FN4O. The monoisotopic (exact) mass is 344 g/mol. The lowest BCUT2D eigenvalue weighted by Gasteiger charge is -2.01. The van der Waals surface area contributed by atoms with E-state index in [4.69, 9.17) is 11.7 Å². The van der Waals surface area contributed by atoms with Crippen LogP contribution in [0.3, 0.4) is 0 Å². The fourth-order valence-electron chi connectivity index (χ4n) is 2.60. The molecule has 0 aliphatic carbocycles. The molecule has 0 fully saturated rings. The van der Waals surface area contributed by atoms with Crippen molar-refractivity contribution in [1.29, 1.82) is 5.26 Å². The lowest BCUT2D eigenvalue weighted by Crippen LogP contribution is -2.19. The standard InChI is InChI=1S/C20H13FN4O/c1-2-9-25-13-15(16-5-3-4-6-19(16)25)12-23-24-20(26)17-8-7-14(11-22)10-18(17)21/h1,3-8,10,12-13H,9H2,(H,24,26)/b23-12-. The zero-order valence-corrected chi connectivity index (χ0v) is 13.6. The molecule has 1 aromatic heterocycles. The third-order valence-corrected chi connectivity index (χ3v) is 3.79. The molecular weight excluding hydrogens is 331 g/mol. The van der Waals surface area contributed by atoms with E-state index in [1.54, 1.807) is 0 Å². The van der Waals surface area contributed by atoms with E-state index in [9.17, 15) is 9.18 Å². The van der Waals surface area contributed by atoms with Gasteiger partial charge in [0.2, 0.25) is 0 Å². The molecule has 0 radical (unpaired) electrons. The average molecular weight is 344 g/mol. The Bertz CT molecular complexity index is 1100. The average Bonchev–Trinajstić information content (AvgIpc) is 3.00. The van der Waals surface area contributed by atoms with Gasteiger partial charge in [-0.1, -0.05) is 24.1 Å². The highest BCUT2D eigenvalue weighted by molar-refractivity contribution is 6.00. The summed E-state index contributed by atoms with van der Waals surface area (Å²) in [4.78, 5) is 12.0. The van der Waals surface area contributed by atoms with Crippen molar-refractivity contribution in [3.05, 3.63) is 71.2 Å². The Morgan fingerprint density at radius 2 is 2.15 bits per heavy atom. The Morgan fingerprint density at radius 3 is 2.88 bits per heavy atom. The number of nitrogens with zero attached hydrogens (tertiary/aromatic N) is 3. The van der Waals surface area contributed by atoms with Gasteiger partial charge < -0.3 is 4.57 Å². The lowest BCUT2D eigenvalue weighted by atomic mass is 10.1. The van der Waals surface area contributed by atoms with E-state index in [2.05, 4.69) is 16.4 Å². The van der Waals surface area contributed by atoms with E-state index in [1.165, 1.54) is 18.3 Å². The minimum atomic E-state index is -0.776. The van der Waals surface area contributed by atoms with Crippen molar-refractivity contribution >= 4 is 23.0 Å². The number of benzene rings is 2. The fraction of sp³-hybridized carbons (Fsp3) is 0.0500. The second-order valence-electron chi connectivity index (χ2n) is 5.44. The second-order valence-corrected chi connectivity index (χ2v) is 5.44. The first-order valence-corrected chi connectivity index (χ1v) is 7.68. The number of terminal acetylenes is 1. The minimum Gasteiger partial charge on any atom is -0.335 e. The Kier molecular flexibility index (Phi) is 4.78. The Balaban J connectivity index is 1.81. The molecule has 0 saturated heterocycles. The van der Waals surface area contributed by atoms with Crippen molar-refractivity contribution in [2.75, 3.05) is 0 Å². The Labute approximate surface area is 149 Å². The molecule has 126 valence electrons. The molecule has 1 amide bonds. The topological polar surface area (TPSA) is 70.2 Å². The number of carbonyl (C=O) groups is 1. The Hall–Kier alpha value is -3.90. The summed E-state index contributed by atoms with van der Waals surface area (Å²) >= 11 is 0. The lowest BCUT2D eigenvalue weighted by molar-refractivity contribution is 0.0951. The maximum atomic E-state index is 13.8. The van der Waals surface area contributed by atoms with Gasteiger partial charge in [0.1, 0.15) is 5.82 Å². The summed E-state index contributed by atoms with van der Waals surface area (Å²) in [5.41, 5.74) is 3.98. The van der Waals surface area contributed by atoms with Crippen LogP contribution in [0.5, 0.6) is 0 Å². The molecule has 0 spiro atoms.